The maximum Gasteiger partial charge on any atom is 0.247 e. The molecule has 11 heteroatoms. The van der Waals surface area contributed by atoms with Gasteiger partial charge in [-0.25, -0.2) is 13.1 Å². The minimum atomic E-state index is -3.59. The normalized spacial score (nSPS) is 11.8. The molecule has 0 aliphatic heterocycles. The summed E-state index contributed by atoms with van der Waals surface area (Å²) in [5.41, 5.74) is 3.28. The number of hydrogen-bond donors (Lipinski definition) is 2. The molecule has 254 valence electrons. The molecule has 0 unspecified atom stereocenters. The molecule has 0 bridgehead atoms. The highest BCUT2D eigenvalue weighted by Gasteiger charge is 2.31. The lowest BCUT2D eigenvalue weighted by molar-refractivity contribution is -0.141. The molecule has 2 amide bonds. The van der Waals surface area contributed by atoms with E-state index in [9.17, 15) is 18.0 Å². The van der Waals surface area contributed by atoms with Gasteiger partial charge in [-0.2, -0.15) is 0 Å². The topological polar surface area (TPSA) is 123 Å². The lowest BCUT2D eigenvalue weighted by Crippen LogP contribution is -2.44. The number of benzene rings is 4. The Morgan fingerprint density at radius 1 is 0.750 bits per heavy atom. The van der Waals surface area contributed by atoms with Gasteiger partial charge in [0.05, 0.1) is 26.2 Å². The SMILES string of the molecule is CCNS(=O)(=O)c1ccc(CCC(=O)N(Cc2ccc(OC)cc2)[C@@H](C(=O)NCCc2ccc(OC)c(OC)c2)c2ccccc2)cc1. The molecule has 0 radical (unpaired) electrons. The van der Waals surface area contributed by atoms with Gasteiger partial charge in [0.15, 0.2) is 11.5 Å². The van der Waals surface area contributed by atoms with Crippen LogP contribution in [0.2, 0.25) is 0 Å². The van der Waals surface area contributed by atoms with Crippen molar-refractivity contribution >= 4 is 21.8 Å². The zero-order chi connectivity index (χ0) is 34.5. The van der Waals surface area contributed by atoms with E-state index < -0.39 is 16.1 Å². The first-order valence-electron chi connectivity index (χ1n) is 15.7. The summed E-state index contributed by atoms with van der Waals surface area (Å²) in [6.07, 6.45) is 1.01. The van der Waals surface area contributed by atoms with Crippen molar-refractivity contribution in [3.8, 4) is 17.2 Å². The van der Waals surface area contributed by atoms with E-state index in [-0.39, 0.29) is 36.2 Å². The molecule has 0 aliphatic carbocycles. The van der Waals surface area contributed by atoms with Gasteiger partial charge in [-0.3, -0.25) is 9.59 Å². The van der Waals surface area contributed by atoms with Crippen LogP contribution in [0, 0.1) is 0 Å². The van der Waals surface area contributed by atoms with Gasteiger partial charge in [0.25, 0.3) is 0 Å². The second-order valence-corrected chi connectivity index (χ2v) is 12.8. The lowest BCUT2D eigenvalue weighted by atomic mass is 10.0. The van der Waals surface area contributed by atoms with Gasteiger partial charge in [0.1, 0.15) is 11.8 Å². The smallest absolute Gasteiger partial charge is 0.247 e. The number of carbonyl (C=O) groups is 2. The summed E-state index contributed by atoms with van der Waals surface area (Å²) in [4.78, 5) is 29.9. The number of nitrogens with zero attached hydrogens (tertiary/aromatic N) is 1. The van der Waals surface area contributed by atoms with Gasteiger partial charge >= 0.3 is 0 Å². The van der Waals surface area contributed by atoms with Crippen molar-refractivity contribution in [2.24, 2.45) is 0 Å². The number of amides is 2. The van der Waals surface area contributed by atoms with Crippen LogP contribution in [-0.2, 0) is 39.0 Å². The molecule has 0 saturated heterocycles. The fourth-order valence-corrected chi connectivity index (χ4v) is 6.37. The number of sulfonamides is 1. The van der Waals surface area contributed by atoms with Crippen LogP contribution in [0.25, 0.3) is 0 Å². The molecular formula is C37H43N3O7S. The predicted octanol–water partition coefficient (Wildman–Crippen LogP) is 5.07. The van der Waals surface area contributed by atoms with E-state index in [0.29, 0.717) is 42.2 Å². The minimum Gasteiger partial charge on any atom is -0.497 e. The number of methoxy groups -OCH3 is 3. The highest BCUT2D eigenvalue weighted by molar-refractivity contribution is 7.89. The number of rotatable bonds is 17. The van der Waals surface area contributed by atoms with Crippen LogP contribution in [0.3, 0.4) is 0 Å². The predicted molar refractivity (Wildman–Crippen MR) is 185 cm³/mol. The van der Waals surface area contributed by atoms with Crippen molar-refractivity contribution in [1.82, 2.24) is 14.9 Å². The van der Waals surface area contributed by atoms with Crippen molar-refractivity contribution in [2.75, 3.05) is 34.4 Å². The van der Waals surface area contributed by atoms with Gasteiger partial charge in [0, 0.05) is 26.1 Å². The van der Waals surface area contributed by atoms with Gasteiger partial charge in [0.2, 0.25) is 21.8 Å². The summed E-state index contributed by atoms with van der Waals surface area (Å²) < 4.78 is 43.3. The molecule has 2 N–H and O–H groups in total. The lowest BCUT2D eigenvalue weighted by Gasteiger charge is -2.32. The molecule has 0 saturated carbocycles. The standard InChI is InChI=1S/C37H43N3O7S/c1-5-39-48(43,44)32-19-13-27(14-20-32)16-22-35(41)40(26-29-11-17-31(45-2)18-12-29)36(30-9-7-6-8-10-30)37(42)38-24-23-28-15-21-33(46-3)34(25-28)47-4/h6-15,17-21,25,36,39H,5,16,22-24,26H2,1-4H3,(H,38,42)/t36-/m1/s1. The molecule has 0 heterocycles. The largest absolute Gasteiger partial charge is 0.497 e. The van der Waals surface area contributed by atoms with Crippen molar-refractivity contribution in [3.05, 3.63) is 119 Å². The van der Waals surface area contributed by atoms with Crippen molar-refractivity contribution in [1.29, 1.82) is 0 Å². The molecule has 0 aromatic heterocycles. The zero-order valence-corrected chi connectivity index (χ0v) is 28.6. The quantitative estimate of drug-likeness (QED) is 0.160. The first kappa shape index (κ1) is 36.0. The molecule has 4 aromatic carbocycles. The van der Waals surface area contributed by atoms with Crippen LogP contribution in [0.15, 0.2) is 102 Å². The monoisotopic (exact) mass is 673 g/mol. The summed E-state index contributed by atoms with van der Waals surface area (Å²) in [6, 6.07) is 27.8. The Hall–Kier alpha value is -4.87. The third-order valence-electron chi connectivity index (χ3n) is 7.86. The van der Waals surface area contributed by atoms with E-state index in [1.54, 1.807) is 45.3 Å². The molecule has 4 rings (SSSR count). The first-order valence-corrected chi connectivity index (χ1v) is 17.2. The maximum absolute atomic E-state index is 14.1. The van der Waals surface area contributed by atoms with Crippen molar-refractivity contribution < 1.29 is 32.2 Å². The average molecular weight is 674 g/mol. The Balaban J connectivity index is 1.57. The minimum absolute atomic E-state index is 0.109. The summed E-state index contributed by atoms with van der Waals surface area (Å²) in [5, 5.41) is 3.05. The third kappa shape index (κ3) is 9.58. The number of ether oxygens (including phenoxy) is 3. The number of hydrogen-bond acceptors (Lipinski definition) is 7. The molecule has 0 fully saturated rings. The Morgan fingerprint density at radius 2 is 1.40 bits per heavy atom. The van der Waals surface area contributed by atoms with E-state index in [1.807, 2.05) is 72.8 Å². The van der Waals surface area contributed by atoms with E-state index in [0.717, 1.165) is 16.7 Å². The van der Waals surface area contributed by atoms with Crippen LogP contribution in [0.5, 0.6) is 17.2 Å². The summed E-state index contributed by atoms with van der Waals surface area (Å²) in [5.74, 6) is 1.38. The van der Waals surface area contributed by atoms with Crippen LogP contribution in [0.4, 0.5) is 0 Å². The van der Waals surface area contributed by atoms with Crippen LogP contribution < -0.4 is 24.2 Å². The molecule has 0 aliphatic rings. The fraction of sp³-hybridized carbons (Fsp3) is 0.297. The second kappa shape index (κ2) is 17.3. The van der Waals surface area contributed by atoms with Crippen LogP contribution >= 0.6 is 0 Å². The number of carbonyl (C=O) groups excluding carboxylic acids is 2. The van der Waals surface area contributed by atoms with Gasteiger partial charge in [-0.05, 0) is 71.5 Å². The Labute approximate surface area is 283 Å². The molecule has 1 atom stereocenters. The molecule has 4 aromatic rings. The van der Waals surface area contributed by atoms with Crippen LogP contribution in [-0.4, -0.2) is 59.6 Å². The summed E-state index contributed by atoms with van der Waals surface area (Å²) in [7, 11) is 1.16. The molecular weight excluding hydrogens is 630 g/mol. The summed E-state index contributed by atoms with van der Waals surface area (Å²) >= 11 is 0. The molecule has 10 nitrogen and oxygen atoms in total. The van der Waals surface area contributed by atoms with Gasteiger partial charge in [-0.1, -0.05) is 67.6 Å². The Morgan fingerprint density at radius 3 is 2.02 bits per heavy atom. The van der Waals surface area contributed by atoms with Gasteiger partial charge in [-0.15, -0.1) is 0 Å². The second-order valence-electron chi connectivity index (χ2n) is 11.1. The van der Waals surface area contributed by atoms with E-state index in [4.69, 9.17) is 14.2 Å². The number of nitrogens with one attached hydrogen (secondary N) is 2. The Bertz CT molecular complexity index is 1750. The highest BCUT2D eigenvalue weighted by Crippen LogP contribution is 2.28. The zero-order valence-electron chi connectivity index (χ0n) is 27.8. The van der Waals surface area contributed by atoms with Crippen molar-refractivity contribution in [2.45, 2.75) is 43.7 Å². The summed E-state index contributed by atoms with van der Waals surface area (Å²) in [6.45, 7) is 2.53. The number of aryl methyl sites for hydroxylation is 1. The molecule has 0 spiro atoms. The molecule has 48 heavy (non-hydrogen) atoms. The first-order chi connectivity index (χ1) is 23.2. The van der Waals surface area contributed by atoms with Crippen molar-refractivity contribution in [3.63, 3.8) is 0 Å². The third-order valence-corrected chi connectivity index (χ3v) is 9.43. The van der Waals surface area contributed by atoms with E-state index in [1.165, 1.54) is 12.1 Å². The Kier molecular flexibility index (Phi) is 13.0. The fourth-order valence-electron chi connectivity index (χ4n) is 5.33. The van der Waals surface area contributed by atoms with E-state index in [2.05, 4.69) is 10.0 Å². The van der Waals surface area contributed by atoms with Crippen LogP contribution in [0.1, 0.15) is 41.6 Å². The highest BCUT2D eigenvalue weighted by atomic mass is 32.2. The average Bonchev–Trinajstić information content (AvgIpc) is 3.11. The maximum atomic E-state index is 14.1. The van der Waals surface area contributed by atoms with Gasteiger partial charge < -0.3 is 24.4 Å². The van der Waals surface area contributed by atoms with E-state index >= 15 is 0 Å².